The van der Waals surface area contributed by atoms with Crippen LogP contribution in [-0.2, 0) is 11.3 Å². The van der Waals surface area contributed by atoms with E-state index >= 15 is 0 Å². The number of carbonyl (C=O) groups excluding carboxylic acids is 1. The zero-order chi connectivity index (χ0) is 18.9. The van der Waals surface area contributed by atoms with E-state index in [0.29, 0.717) is 18.8 Å². The second kappa shape index (κ2) is 16.8. The van der Waals surface area contributed by atoms with Gasteiger partial charge in [-0.1, -0.05) is 44.2 Å². The highest BCUT2D eigenvalue weighted by Gasteiger charge is 2.07. The molecule has 0 bridgehead atoms. The lowest BCUT2D eigenvalue weighted by atomic mass is 10.2. The molecule has 0 radical (unpaired) electrons. The van der Waals surface area contributed by atoms with Crippen LogP contribution in [0.2, 0.25) is 0 Å². The van der Waals surface area contributed by atoms with Crippen LogP contribution < -0.4 is 5.32 Å². The van der Waals surface area contributed by atoms with Gasteiger partial charge in [0.2, 0.25) is 5.91 Å². The first-order valence-corrected chi connectivity index (χ1v) is 10.3. The Balaban J connectivity index is 0.000000472. The fourth-order valence-corrected chi connectivity index (χ4v) is 2.58. The third-order valence-corrected chi connectivity index (χ3v) is 4.02. The monoisotopic (exact) mass is 385 g/mol. The fraction of sp³-hybridized carbons (Fsp3) is 0.632. The summed E-state index contributed by atoms with van der Waals surface area (Å²) in [6.07, 6.45) is 1.06. The average Bonchev–Trinajstić information content (AvgIpc) is 2.61. The van der Waals surface area contributed by atoms with Gasteiger partial charge >= 0.3 is 0 Å². The minimum Gasteiger partial charge on any atom is -0.354 e. The molecule has 0 atom stereocenters. The SMILES string of the molecule is CCCN(CCS)CC(=O)NCCS.CCN(C)Cc1ccccc1. The number of hydrogen-bond acceptors (Lipinski definition) is 5. The quantitative estimate of drug-likeness (QED) is 0.513. The minimum atomic E-state index is 0.0780. The Labute approximate surface area is 165 Å². The van der Waals surface area contributed by atoms with E-state index in [-0.39, 0.29) is 5.91 Å². The predicted octanol–water partition coefficient (Wildman–Crippen LogP) is 2.81. The normalized spacial score (nSPS) is 10.5. The molecule has 0 spiro atoms. The maximum atomic E-state index is 11.4. The maximum absolute atomic E-state index is 11.4. The van der Waals surface area contributed by atoms with Crippen LogP contribution in [0.4, 0.5) is 0 Å². The molecule has 0 saturated heterocycles. The largest absolute Gasteiger partial charge is 0.354 e. The van der Waals surface area contributed by atoms with Gasteiger partial charge in [0.25, 0.3) is 0 Å². The molecule has 144 valence electrons. The summed E-state index contributed by atoms with van der Waals surface area (Å²) in [4.78, 5) is 15.7. The van der Waals surface area contributed by atoms with Gasteiger partial charge in [-0.05, 0) is 32.1 Å². The summed E-state index contributed by atoms with van der Waals surface area (Å²) in [5, 5.41) is 2.80. The molecule has 0 unspecified atom stereocenters. The van der Waals surface area contributed by atoms with E-state index in [1.54, 1.807) is 0 Å². The van der Waals surface area contributed by atoms with Crippen molar-refractivity contribution < 1.29 is 4.79 Å². The lowest BCUT2D eigenvalue weighted by Gasteiger charge is -2.19. The third kappa shape index (κ3) is 14.2. The molecular weight excluding hydrogens is 350 g/mol. The topological polar surface area (TPSA) is 35.6 Å². The summed E-state index contributed by atoms with van der Waals surface area (Å²) in [6, 6.07) is 10.5. The molecule has 0 aliphatic rings. The first-order valence-electron chi connectivity index (χ1n) is 9.00. The Bertz CT molecular complexity index is 426. The highest BCUT2D eigenvalue weighted by molar-refractivity contribution is 7.80. The fourth-order valence-electron chi connectivity index (χ4n) is 2.19. The van der Waals surface area contributed by atoms with Crippen LogP contribution in [0, 0.1) is 0 Å². The Morgan fingerprint density at radius 2 is 1.76 bits per heavy atom. The van der Waals surface area contributed by atoms with E-state index in [9.17, 15) is 4.79 Å². The van der Waals surface area contributed by atoms with E-state index < -0.39 is 0 Å². The lowest BCUT2D eigenvalue weighted by Crippen LogP contribution is -2.39. The Hall–Kier alpha value is -0.690. The average molecular weight is 386 g/mol. The van der Waals surface area contributed by atoms with E-state index in [1.807, 2.05) is 0 Å². The maximum Gasteiger partial charge on any atom is 0.234 e. The van der Waals surface area contributed by atoms with Crippen molar-refractivity contribution >= 4 is 31.2 Å². The second-order valence-corrected chi connectivity index (χ2v) is 6.78. The molecule has 25 heavy (non-hydrogen) atoms. The molecule has 1 rings (SSSR count). The van der Waals surface area contributed by atoms with Crippen molar-refractivity contribution in [3.63, 3.8) is 0 Å². The first-order chi connectivity index (χ1) is 12.1. The van der Waals surface area contributed by atoms with Crippen molar-refractivity contribution in [3.05, 3.63) is 35.9 Å². The summed E-state index contributed by atoms with van der Waals surface area (Å²) in [5.74, 6) is 1.56. The van der Waals surface area contributed by atoms with Gasteiger partial charge in [-0.2, -0.15) is 25.3 Å². The first kappa shape index (κ1) is 24.3. The molecular formula is C19H35N3OS2. The molecule has 0 aliphatic carbocycles. The summed E-state index contributed by atoms with van der Waals surface area (Å²) in [6.45, 7) is 9.37. The number of benzene rings is 1. The number of nitrogens with zero attached hydrogens (tertiary/aromatic N) is 2. The molecule has 6 heteroatoms. The van der Waals surface area contributed by atoms with Gasteiger partial charge in [0.15, 0.2) is 0 Å². The van der Waals surface area contributed by atoms with E-state index in [0.717, 1.165) is 38.4 Å². The van der Waals surface area contributed by atoms with Crippen LogP contribution in [0.3, 0.4) is 0 Å². The molecule has 1 amide bonds. The van der Waals surface area contributed by atoms with Gasteiger partial charge in [-0.25, -0.2) is 0 Å². The molecule has 0 heterocycles. The van der Waals surface area contributed by atoms with Crippen LogP contribution in [-0.4, -0.2) is 67.0 Å². The smallest absolute Gasteiger partial charge is 0.234 e. The van der Waals surface area contributed by atoms with Gasteiger partial charge in [-0.15, -0.1) is 0 Å². The highest BCUT2D eigenvalue weighted by Crippen LogP contribution is 2.01. The molecule has 1 aromatic carbocycles. The van der Waals surface area contributed by atoms with Gasteiger partial charge in [0, 0.05) is 31.1 Å². The number of rotatable bonds is 11. The number of thiol groups is 2. The summed E-state index contributed by atoms with van der Waals surface area (Å²) in [7, 11) is 2.13. The van der Waals surface area contributed by atoms with Gasteiger partial charge in [-0.3, -0.25) is 9.69 Å². The highest BCUT2D eigenvalue weighted by atomic mass is 32.1. The zero-order valence-electron chi connectivity index (χ0n) is 15.9. The van der Waals surface area contributed by atoms with Crippen molar-refractivity contribution in [2.24, 2.45) is 0 Å². The molecule has 0 aromatic heterocycles. The molecule has 1 N–H and O–H groups in total. The molecule has 0 fully saturated rings. The summed E-state index contributed by atoms with van der Waals surface area (Å²) in [5.41, 5.74) is 1.39. The van der Waals surface area contributed by atoms with Crippen LogP contribution in [0.15, 0.2) is 30.3 Å². The van der Waals surface area contributed by atoms with Crippen molar-refractivity contribution in [3.8, 4) is 0 Å². The molecule has 0 saturated carbocycles. The van der Waals surface area contributed by atoms with E-state index in [4.69, 9.17) is 0 Å². The van der Waals surface area contributed by atoms with Gasteiger partial charge in [0.05, 0.1) is 6.54 Å². The summed E-state index contributed by atoms with van der Waals surface area (Å²) < 4.78 is 0. The van der Waals surface area contributed by atoms with Crippen molar-refractivity contribution in [2.45, 2.75) is 26.8 Å². The Morgan fingerprint density at radius 3 is 2.28 bits per heavy atom. The minimum absolute atomic E-state index is 0.0780. The standard InChI is InChI=1S/C10H15N.C9H20N2OS2/c1-3-11(2)9-10-7-5-4-6-8-10;1-2-4-11(5-7-14)8-9(12)10-3-6-13/h4-8H,3,9H2,1-2H3;13-14H,2-8H2,1H3,(H,10,12). The van der Waals surface area contributed by atoms with Crippen LogP contribution >= 0.6 is 25.3 Å². The van der Waals surface area contributed by atoms with Crippen molar-refractivity contribution in [1.82, 2.24) is 15.1 Å². The molecule has 4 nitrogen and oxygen atoms in total. The van der Waals surface area contributed by atoms with Crippen LogP contribution in [0.25, 0.3) is 0 Å². The number of nitrogens with one attached hydrogen (secondary N) is 1. The van der Waals surface area contributed by atoms with Crippen molar-refractivity contribution in [2.75, 3.05) is 51.3 Å². The lowest BCUT2D eigenvalue weighted by molar-refractivity contribution is -0.122. The van der Waals surface area contributed by atoms with Crippen LogP contribution in [0.5, 0.6) is 0 Å². The van der Waals surface area contributed by atoms with E-state index in [2.05, 4.69) is 91.6 Å². The van der Waals surface area contributed by atoms with Crippen molar-refractivity contribution in [1.29, 1.82) is 0 Å². The number of carbonyl (C=O) groups is 1. The second-order valence-electron chi connectivity index (χ2n) is 5.89. The Morgan fingerprint density at radius 1 is 1.08 bits per heavy atom. The zero-order valence-corrected chi connectivity index (χ0v) is 17.7. The van der Waals surface area contributed by atoms with E-state index in [1.165, 1.54) is 5.56 Å². The summed E-state index contributed by atoms with van der Waals surface area (Å²) >= 11 is 8.19. The third-order valence-electron chi connectivity index (χ3n) is 3.59. The molecule has 0 aliphatic heterocycles. The predicted molar refractivity (Wildman–Crippen MR) is 116 cm³/mol. The van der Waals surface area contributed by atoms with Gasteiger partial charge in [0.1, 0.15) is 0 Å². The Kier molecular flexibility index (Phi) is 16.3. The molecule has 1 aromatic rings. The van der Waals surface area contributed by atoms with Crippen LogP contribution in [0.1, 0.15) is 25.8 Å². The number of hydrogen-bond donors (Lipinski definition) is 3. The van der Waals surface area contributed by atoms with Gasteiger partial charge < -0.3 is 10.2 Å². The number of amides is 1.